The van der Waals surface area contributed by atoms with Crippen molar-refractivity contribution in [2.75, 3.05) is 19.0 Å². The minimum atomic E-state index is -0.795. The van der Waals surface area contributed by atoms with E-state index in [-0.39, 0.29) is 6.42 Å². The van der Waals surface area contributed by atoms with Crippen LogP contribution in [0.5, 0.6) is 5.75 Å². The lowest BCUT2D eigenvalue weighted by atomic mass is 10.1. The molecule has 4 nitrogen and oxygen atoms in total. The standard InChI is InChI=1S/C12H17NO3/c1-3-9-8-10(4-5-11(9)16-2)13-7-6-12(14)15/h4-5,8,13H,3,6-7H2,1-2H3,(H,14,15). The molecule has 0 atom stereocenters. The number of aryl methyl sites for hydroxylation is 1. The Bertz CT molecular complexity index is 363. The molecule has 1 aromatic carbocycles. The van der Waals surface area contributed by atoms with Crippen LogP contribution in [0, 0.1) is 0 Å². The number of rotatable bonds is 6. The van der Waals surface area contributed by atoms with Gasteiger partial charge in [-0.3, -0.25) is 4.79 Å². The van der Waals surface area contributed by atoms with Crippen LogP contribution in [0.3, 0.4) is 0 Å². The topological polar surface area (TPSA) is 58.6 Å². The van der Waals surface area contributed by atoms with E-state index < -0.39 is 5.97 Å². The highest BCUT2D eigenvalue weighted by Gasteiger charge is 2.02. The van der Waals surface area contributed by atoms with Gasteiger partial charge in [0.25, 0.3) is 0 Å². The lowest BCUT2D eigenvalue weighted by Crippen LogP contribution is -2.07. The maximum absolute atomic E-state index is 10.4. The Morgan fingerprint density at radius 1 is 1.50 bits per heavy atom. The molecule has 0 amide bonds. The molecule has 88 valence electrons. The SMILES string of the molecule is CCc1cc(NCCC(=O)O)ccc1OC. The van der Waals surface area contributed by atoms with Crippen molar-refractivity contribution >= 4 is 11.7 Å². The van der Waals surface area contributed by atoms with Gasteiger partial charge in [-0.2, -0.15) is 0 Å². The minimum Gasteiger partial charge on any atom is -0.496 e. The largest absolute Gasteiger partial charge is 0.496 e. The van der Waals surface area contributed by atoms with Crippen LogP contribution in [0.2, 0.25) is 0 Å². The summed E-state index contributed by atoms with van der Waals surface area (Å²) >= 11 is 0. The number of carboxylic acid groups (broad SMARTS) is 1. The fraction of sp³-hybridized carbons (Fsp3) is 0.417. The fourth-order valence-electron chi connectivity index (χ4n) is 1.48. The summed E-state index contributed by atoms with van der Waals surface area (Å²) in [6, 6.07) is 5.77. The van der Waals surface area contributed by atoms with E-state index in [1.54, 1.807) is 7.11 Å². The molecular weight excluding hydrogens is 206 g/mol. The molecule has 0 aliphatic carbocycles. The first-order chi connectivity index (χ1) is 7.67. The second-order valence-corrected chi connectivity index (χ2v) is 3.45. The maximum Gasteiger partial charge on any atom is 0.305 e. The van der Waals surface area contributed by atoms with Gasteiger partial charge < -0.3 is 15.2 Å². The molecule has 2 N–H and O–H groups in total. The van der Waals surface area contributed by atoms with Gasteiger partial charge in [0.15, 0.2) is 0 Å². The Kier molecular flexibility index (Phi) is 4.64. The molecule has 0 saturated heterocycles. The quantitative estimate of drug-likeness (QED) is 0.775. The molecular formula is C12H17NO3. The van der Waals surface area contributed by atoms with Crippen molar-refractivity contribution in [1.29, 1.82) is 0 Å². The zero-order valence-electron chi connectivity index (χ0n) is 9.62. The zero-order chi connectivity index (χ0) is 12.0. The number of hydrogen-bond donors (Lipinski definition) is 2. The summed E-state index contributed by atoms with van der Waals surface area (Å²) in [5.41, 5.74) is 2.04. The van der Waals surface area contributed by atoms with Crippen molar-refractivity contribution in [2.24, 2.45) is 0 Å². The van der Waals surface area contributed by atoms with Crippen molar-refractivity contribution in [2.45, 2.75) is 19.8 Å². The summed E-state index contributed by atoms with van der Waals surface area (Å²) in [5, 5.41) is 11.6. The highest BCUT2D eigenvalue weighted by Crippen LogP contribution is 2.22. The summed E-state index contributed by atoms with van der Waals surface area (Å²) in [7, 11) is 1.64. The normalized spacial score (nSPS) is 9.88. The molecule has 0 heterocycles. The Balaban J connectivity index is 2.64. The van der Waals surface area contributed by atoms with Gasteiger partial charge in [-0.05, 0) is 30.2 Å². The van der Waals surface area contributed by atoms with Gasteiger partial charge >= 0.3 is 5.97 Å². The number of ether oxygens (including phenoxy) is 1. The molecule has 0 fully saturated rings. The molecule has 4 heteroatoms. The zero-order valence-corrected chi connectivity index (χ0v) is 9.62. The van der Waals surface area contributed by atoms with E-state index in [2.05, 4.69) is 12.2 Å². The summed E-state index contributed by atoms with van der Waals surface area (Å²) in [6.45, 7) is 2.49. The Morgan fingerprint density at radius 2 is 2.25 bits per heavy atom. The summed E-state index contributed by atoms with van der Waals surface area (Å²) in [5.74, 6) is 0.0722. The molecule has 0 aromatic heterocycles. The van der Waals surface area contributed by atoms with Gasteiger partial charge in [-0.15, -0.1) is 0 Å². The van der Waals surface area contributed by atoms with Gasteiger partial charge in [-0.1, -0.05) is 6.92 Å². The highest BCUT2D eigenvalue weighted by molar-refractivity contribution is 5.67. The summed E-state index contributed by atoms with van der Waals surface area (Å²) in [4.78, 5) is 10.4. The average molecular weight is 223 g/mol. The number of carbonyl (C=O) groups is 1. The summed E-state index contributed by atoms with van der Waals surface area (Å²) < 4.78 is 5.21. The number of nitrogens with one attached hydrogen (secondary N) is 1. The van der Waals surface area contributed by atoms with Gasteiger partial charge in [-0.25, -0.2) is 0 Å². The second kappa shape index (κ2) is 6.00. The van der Waals surface area contributed by atoms with Gasteiger partial charge in [0, 0.05) is 12.2 Å². The van der Waals surface area contributed by atoms with Gasteiger partial charge in [0.2, 0.25) is 0 Å². The molecule has 16 heavy (non-hydrogen) atoms. The van der Waals surface area contributed by atoms with E-state index in [0.29, 0.717) is 6.54 Å². The lowest BCUT2D eigenvalue weighted by Gasteiger charge is -2.10. The Morgan fingerprint density at radius 3 is 2.81 bits per heavy atom. The van der Waals surface area contributed by atoms with Crippen LogP contribution in [-0.2, 0) is 11.2 Å². The van der Waals surface area contributed by atoms with E-state index >= 15 is 0 Å². The van der Waals surface area contributed by atoms with Crippen molar-refractivity contribution < 1.29 is 14.6 Å². The van der Waals surface area contributed by atoms with Crippen LogP contribution in [0.25, 0.3) is 0 Å². The highest BCUT2D eigenvalue weighted by atomic mass is 16.5. The lowest BCUT2D eigenvalue weighted by molar-refractivity contribution is -0.136. The van der Waals surface area contributed by atoms with Crippen LogP contribution >= 0.6 is 0 Å². The predicted octanol–water partition coefficient (Wildman–Crippen LogP) is 2.14. The van der Waals surface area contributed by atoms with Gasteiger partial charge in [0.05, 0.1) is 13.5 Å². The molecule has 0 unspecified atom stereocenters. The smallest absolute Gasteiger partial charge is 0.305 e. The van der Waals surface area contributed by atoms with Crippen LogP contribution in [0.4, 0.5) is 5.69 Å². The number of carboxylic acids is 1. The fourth-order valence-corrected chi connectivity index (χ4v) is 1.48. The van der Waals surface area contributed by atoms with Crippen molar-refractivity contribution in [3.05, 3.63) is 23.8 Å². The Hall–Kier alpha value is -1.71. The maximum atomic E-state index is 10.4. The van der Waals surface area contributed by atoms with Crippen molar-refractivity contribution in [1.82, 2.24) is 0 Å². The predicted molar refractivity (Wildman–Crippen MR) is 63.1 cm³/mol. The monoisotopic (exact) mass is 223 g/mol. The van der Waals surface area contributed by atoms with Crippen LogP contribution in [-0.4, -0.2) is 24.7 Å². The number of methoxy groups -OCH3 is 1. The molecule has 0 aliphatic rings. The van der Waals surface area contributed by atoms with Crippen LogP contribution in [0.15, 0.2) is 18.2 Å². The van der Waals surface area contributed by atoms with Crippen molar-refractivity contribution in [3.8, 4) is 5.75 Å². The molecule has 1 rings (SSSR count). The number of anilines is 1. The molecule has 0 bridgehead atoms. The molecule has 0 spiro atoms. The first-order valence-electron chi connectivity index (χ1n) is 5.30. The number of benzene rings is 1. The first kappa shape index (κ1) is 12.4. The third-order valence-corrected chi connectivity index (χ3v) is 2.33. The van der Waals surface area contributed by atoms with Crippen molar-refractivity contribution in [3.63, 3.8) is 0 Å². The number of hydrogen-bond acceptors (Lipinski definition) is 3. The second-order valence-electron chi connectivity index (χ2n) is 3.45. The third kappa shape index (κ3) is 3.46. The summed E-state index contributed by atoms with van der Waals surface area (Å²) in [6.07, 6.45) is 1.01. The van der Waals surface area contributed by atoms with E-state index in [9.17, 15) is 4.79 Å². The average Bonchev–Trinajstić information content (AvgIpc) is 2.28. The van der Waals surface area contributed by atoms with E-state index in [1.807, 2.05) is 18.2 Å². The molecule has 0 saturated carbocycles. The number of aliphatic carboxylic acids is 1. The molecule has 0 radical (unpaired) electrons. The van der Waals surface area contributed by atoms with E-state index in [1.165, 1.54) is 0 Å². The Labute approximate surface area is 95.2 Å². The molecule has 0 aliphatic heterocycles. The molecule has 1 aromatic rings. The minimum absolute atomic E-state index is 0.119. The van der Waals surface area contributed by atoms with Crippen LogP contribution < -0.4 is 10.1 Å². The van der Waals surface area contributed by atoms with E-state index in [4.69, 9.17) is 9.84 Å². The first-order valence-corrected chi connectivity index (χ1v) is 5.30. The van der Waals surface area contributed by atoms with Gasteiger partial charge in [0.1, 0.15) is 5.75 Å². The third-order valence-electron chi connectivity index (χ3n) is 2.33. The van der Waals surface area contributed by atoms with Crippen LogP contribution in [0.1, 0.15) is 18.9 Å². The van der Waals surface area contributed by atoms with E-state index in [0.717, 1.165) is 23.4 Å².